The van der Waals surface area contributed by atoms with Crippen molar-refractivity contribution >= 4 is 21.8 Å². The van der Waals surface area contributed by atoms with E-state index in [-0.39, 0.29) is 6.04 Å². The third-order valence-electron chi connectivity index (χ3n) is 3.50. The molecule has 2 fully saturated rings. The van der Waals surface area contributed by atoms with Gasteiger partial charge in [0.15, 0.2) is 0 Å². The lowest BCUT2D eigenvalue weighted by atomic mass is 10.3. The van der Waals surface area contributed by atoms with Crippen molar-refractivity contribution < 1.29 is 8.42 Å². The van der Waals surface area contributed by atoms with E-state index in [4.69, 9.17) is 0 Å². The highest BCUT2D eigenvalue weighted by Gasteiger charge is 2.29. The van der Waals surface area contributed by atoms with Gasteiger partial charge >= 0.3 is 0 Å². The molecule has 106 valence electrons. The number of nitrogens with one attached hydrogen (secondary N) is 1. The van der Waals surface area contributed by atoms with Crippen LogP contribution in [0.4, 0.5) is 0 Å². The molecule has 1 saturated carbocycles. The molecule has 1 saturated heterocycles. The van der Waals surface area contributed by atoms with Gasteiger partial charge in [-0.25, -0.2) is 8.42 Å². The lowest BCUT2D eigenvalue weighted by Gasteiger charge is -2.31. The number of hydrogen-bond donors (Lipinski definition) is 1. The van der Waals surface area contributed by atoms with E-state index < -0.39 is 10.0 Å². The van der Waals surface area contributed by atoms with E-state index >= 15 is 0 Å². The summed E-state index contributed by atoms with van der Waals surface area (Å²) < 4.78 is 26.1. The Hall–Kier alpha value is 0.220. The van der Waals surface area contributed by atoms with E-state index in [0.29, 0.717) is 12.3 Å². The summed E-state index contributed by atoms with van der Waals surface area (Å²) >= 11 is 1.85. The first-order valence-corrected chi connectivity index (χ1v) is 9.66. The SMILES string of the molecule is CC1CSCCN1S(=O)(=O)CCCCNC1CC1. The third kappa shape index (κ3) is 4.40. The van der Waals surface area contributed by atoms with Crippen LogP contribution in [0, 0.1) is 0 Å². The van der Waals surface area contributed by atoms with Crippen LogP contribution in [0.5, 0.6) is 0 Å². The van der Waals surface area contributed by atoms with Gasteiger partial charge in [0, 0.05) is 30.1 Å². The smallest absolute Gasteiger partial charge is 0.214 e. The van der Waals surface area contributed by atoms with Crippen molar-refractivity contribution in [3.05, 3.63) is 0 Å². The van der Waals surface area contributed by atoms with Crippen molar-refractivity contribution in [1.29, 1.82) is 0 Å². The molecule has 1 aliphatic carbocycles. The summed E-state index contributed by atoms with van der Waals surface area (Å²) in [7, 11) is -3.03. The second-order valence-corrected chi connectivity index (χ2v) is 8.48. The fourth-order valence-electron chi connectivity index (χ4n) is 2.25. The van der Waals surface area contributed by atoms with E-state index in [0.717, 1.165) is 36.9 Å². The third-order valence-corrected chi connectivity index (χ3v) is 6.75. The molecule has 0 amide bonds. The molecule has 18 heavy (non-hydrogen) atoms. The van der Waals surface area contributed by atoms with Crippen molar-refractivity contribution in [3.63, 3.8) is 0 Å². The normalized spacial score (nSPS) is 26.4. The fourth-order valence-corrected chi connectivity index (χ4v) is 5.26. The summed E-state index contributed by atoms with van der Waals surface area (Å²) in [5, 5.41) is 3.42. The predicted molar refractivity (Wildman–Crippen MR) is 77.5 cm³/mol. The first-order chi connectivity index (χ1) is 8.59. The number of hydrogen-bond acceptors (Lipinski definition) is 4. The molecule has 4 nitrogen and oxygen atoms in total. The maximum Gasteiger partial charge on any atom is 0.214 e. The molecule has 1 unspecified atom stereocenters. The minimum Gasteiger partial charge on any atom is -0.314 e. The van der Waals surface area contributed by atoms with Crippen molar-refractivity contribution in [2.24, 2.45) is 0 Å². The molecule has 0 aromatic heterocycles. The van der Waals surface area contributed by atoms with E-state index in [1.165, 1.54) is 12.8 Å². The molecule has 1 heterocycles. The highest BCUT2D eigenvalue weighted by Crippen LogP contribution is 2.20. The number of nitrogens with zero attached hydrogens (tertiary/aromatic N) is 1. The molecule has 0 bridgehead atoms. The average molecular weight is 292 g/mol. The molecule has 1 aliphatic heterocycles. The topological polar surface area (TPSA) is 49.4 Å². The van der Waals surface area contributed by atoms with Crippen molar-refractivity contribution in [3.8, 4) is 0 Å². The van der Waals surface area contributed by atoms with Gasteiger partial charge in [0.2, 0.25) is 10.0 Å². The van der Waals surface area contributed by atoms with Crippen LogP contribution in [-0.2, 0) is 10.0 Å². The Labute approximate surface area is 115 Å². The van der Waals surface area contributed by atoms with E-state index in [1.54, 1.807) is 4.31 Å². The van der Waals surface area contributed by atoms with Gasteiger partial charge in [-0.3, -0.25) is 0 Å². The summed E-state index contributed by atoms with van der Waals surface area (Å²) in [5.74, 6) is 2.18. The van der Waals surface area contributed by atoms with Crippen molar-refractivity contribution in [1.82, 2.24) is 9.62 Å². The minimum atomic E-state index is -3.03. The summed E-state index contributed by atoms with van der Waals surface area (Å²) in [4.78, 5) is 0. The molecule has 6 heteroatoms. The average Bonchev–Trinajstić information content (AvgIpc) is 3.13. The summed E-state index contributed by atoms with van der Waals surface area (Å²) in [6, 6.07) is 0.888. The molecule has 2 aliphatic rings. The standard InChI is InChI=1S/C12H24N2O2S2/c1-11-10-17-8-7-14(11)18(15,16)9-3-2-6-13-12-4-5-12/h11-13H,2-10H2,1H3. The minimum absolute atomic E-state index is 0.165. The number of unbranched alkanes of at least 4 members (excludes halogenated alkanes) is 1. The Kier molecular flexibility index (Phi) is 5.35. The van der Waals surface area contributed by atoms with Gasteiger partial charge < -0.3 is 5.32 Å². The largest absolute Gasteiger partial charge is 0.314 e. The van der Waals surface area contributed by atoms with Crippen LogP contribution in [0.1, 0.15) is 32.6 Å². The van der Waals surface area contributed by atoms with Gasteiger partial charge in [-0.2, -0.15) is 16.1 Å². The van der Waals surface area contributed by atoms with E-state index in [9.17, 15) is 8.42 Å². The number of rotatable bonds is 7. The van der Waals surface area contributed by atoms with Crippen LogP contribution < -0.4 is 5.32 Å². The Balaban J connectivity index is 1.68. The quantitative estimate of drug-likeness (QED) is 0.718. The van der Waals surface area contributed by atoms with E-state index in [1.807, 2.05) is 18.7 Å². The lowest BCUT2D eigenvalue weighted by molar-refractivity contribution is 0.367. The second kappa shape index (κ2) is 6.59. The van der Waals surface area contributed by atoms with Gasteiger partial charge in [-0.15, -0.1) is 0 Å². The van der Waals surface area contributed by atoms with Gasteiger partial charge in [-0.05, 0) is 39.2 Å². The zero-order chi connectivity index (χ0) is 13.0. The molecular formula is C12H24N2O2S2. The van der Waals surface area contributed by atoms with Crippen molar-refractivity contribution in [2.75, 3.05) is 30.3 Å². The molecule has 0 aromatic carbocycles. The fraction of sp³-hybridized carbons (Fsp3) is 1.00. The number of sulfonamides is 1. The maximum atomic E-state index is 12.2. The summed E-state index contributed by atoms with van der Waals surface area (Å²) in [6.45, 7) is 3.67. The zero-order valence-electron chi connectivity index (χ0n) is 11.1. The molecule has 2 rings (SSSR count). The lowest BCUT2D eigenvalue weighted by Crippen LogP contribution is -2.45. The Morgan fingerprint density at radius 3 is 2.78 bits per heavy atom. The first kappa shape index (κ1) is 14.6. The van der Waals surface area contributed by atoms with Crippen LogP contribution in [0.2, 0.25) is 0 Å². The van der Waals surface area contributed by atoms with Crippen LogP contribution >= 0.6 is 11.8 Å². The molecule has 0 spiro atoms. The van der Waals surface area contributed by atoms with Crippen LogP contribution in [0.15, 0.2) is 0 Å². The highest BCUT2D eigenvalue weighted by atomic mass is 32.2. The summed E-state index contributed by atoms with van der Waals surface area (Å²) in [5.41, 5.74) is 0. The molecule has 1 atom stereocenters. The second-order valence-electron chi connectivity index (χ2n) is 5.29. The van der Waals surface area contributed by atoms with Crippen molar-refractivity contribution in [2.45, 2.75) is 44.7 Å². The van der Waals surface area contributed by atoms with Gasteiger partial charge in [-0.1, -0.05) is 0 Å². The van der Waals surface area contributed by atoms with Crippen LogP contribution in [0.3, 0.4) is 0 Å². The maximum absolute atomic E-state index is 12.2. The van der Waals surface area contributed by atoms with Gasteiger partial charge in [0.25, 0.3) is 0 Å². The predicted octanol–water partition coefficient (Wildman–Crippen LogP) is 1.29. The zero-order valence-corrected chi connectivity index (χ0v) is 12.7. The summed E-state index contributed by atoms with van der Waals surface area (Å²) in [6.07, 6.45) is 4.33. The monoisotopic (exact) mass is 292 g/mol. The Morgan fingerprint density at radius 2 is 2.11 bits per heavy atom. The van der Waals surface area contributed by atoms with E-state index in [2.05, 4.69) is 5.32 Å². The molecule has 1 N–H and O–H groups in total. The van der Waals surface area contributed by atoms with Gasteiger partial charge in [0.1, 0.15) is 0 Å². The van der Waals surface area contributed by atoms with Crippen LogP contribution in [0.25, 0.3) is 0 Å². The number of thioether (sulfide) groups is 1. The van der Waals surface area contributed by atoms with Crippen LogP contribution in [-0.4, -0.2) is 55.2 Å². The highest BCUT2D eigenvalue weighted by molar-refractivity contribution is 7.99. The Bertz CT molecular complexity index is 355. The first-order valence-electron chi connectivity index (χ1n) is 6.90. The Morgan fingerprint density at radius 1 is 1.33 bits per heavy atom. The molecule has 0 aromatic rings. The molecule has 0 radical (unpaired) electrons. The molecular weight excluding hydrogens is 268 g/mol. The van der Waals surface area contributed by atoms with Gasteiger partial charge in [0.05, 0.1) is 5.75 Å².